The van der Waals surface area contributed by atoms with Crippen LogP contribution in [0.3, 0.4) is 0 Å². The fourth-order valence-electron chi connectivity index (χ4n) is 1.98. The maximum atomic E-state index is 9.39. The lowest BCUT2D eigenvalue weighted by molar-refractivity contribution is 0.403. The molecule has 0 aromatic heterocycles. The first-order valence-electron chi connectivity index (χ1n) is 5.83. The highest BCUT2D eigenvalue weighted by molar-refractivity contribution is 5.32. The first kappa shape index (κ1) is 11.6. The molecule has 2 atom stereocenters. The number of nitriles is 1. The molecule has 2 unspecified atom stereocenters. The molecule has 1 N–H and O–H groups in total. The van der Waals surface area contributed by atoms with Crippen LogP contribution in [0.5, 0.6) is 0 Å². The molecule has 0 aliphatic heterocycles. The minimum absolute atomic E-state index is 0.182. The van der Waals surface area contributed by atoms with Crippen LogP contribution in [-0.4, -0.2) is 5.54 Å². The third-order valence-electron chi connectivity index (χ3n) is 3.20. The number of hydrogen-bond acceptors (Lipinski definition) is 2. The first-order chi connectivity index (χ1) is 8.27. The van der Waals surface area contributed by atoms with Crippen LogP contribution in [0.4, 0.5) is 0 Å². The second-order valence-corrected chi connectivity index (χ2v) is 4.35. The number of rotatable bonds is 3. The average molecular weight is 224 g/mol. The van der Waals surface area contributed by atoms with Gasteiger partial charge in [0.25, 0.3) is 0 Å². The molecule has 0 saturated heterocycles. The van der Waals surface area contributed by atoms with Crippen LogP contribution < -0.4 is 5.32 Å². The fourth-order valence-corrected chi connectivity index (χ4v) is 1.98. The molecule has 0 radical (unpaired) electrons. The Morgan fingerprint density at radius 3 is 2.71 bits per heavy atom. The maximum absolute atomic E-state index is 9.39. The molecule has 1 aliphatic rings. The van der Waals surface area contributed by atoms with Crippen molar-refractivity contribution in [1.82, 2.24) is 5.32 Å². The highest BCUT2D eigenvalue weighted by Gasteiger charge is 2.32. The minimum Gasteiger partial charge on any atom is -0.292 e. The quantitative estimate of drug-likeness (QED) is 0.857. The zero-order chi connectivity index (χ0) is 12.1. The molecule has 0 saturated carbocycles. The normalized spacial score (nSPS) is 26.7. The Kier molecular flexibility index (Phi) is 3.41. The third kappa shape index (κ3) is 2.46. The van der Waals surface area contributed by atoms with Gasteiger partial charge in [-0.2, -0.15) is 5.26 Å². The van der Waals surface area contributed by atoms with Gasteiger partial charge in [0, 0.05) is 12.5 Å². The summed E-state index contributed by atoms with van der Waals surface area (Å²) in [4.78, 5) is 0. The van der Waals surface area contributed by atoms with Crippen LogP contribution in [0.15, 0.2) is 54.6 Å². The molecule has 17 heavy (non-hydrogen) atoms. The molecule has 86 valence electrons. The zero-order valence-corrected chi connectivity index (χ0v) is 9.93. The van der Waals surface area contributed by atoms with Crippen LogP contribution >= 0.6 is 0 Å². The number of nitrogens with zero attached hydrogens (tertiary/aromatic N) is 1. The Morgan fingerprint density at radius 1 is 1.29 bits per heavy atom. The van der Waals surface area contributed by atoms with E-state index in [-0.39, 0.29) is 5.92 Å². The Bertz CT molecular complexity index is 467. The molecule has 0 heterocycles. The van der Waals surface area contributed by atoms with Crippen molar-refractivity contribution in [3.63, 3.8) is 0 Å². The summed E-state index contributed by atoms with van der Waals surface area (Å²) in [6.45, 7) is 2.76. The van der Waals surface area contributed by atoms with Gasteiger partial charge in [-0.15, -0.1) is 0 Å². The Morgan fingerprint density at radius 2 is 2.06 bits per heavy atom. The average Bonchev–Trinajstić information content (AvgIpc) is 2.39. The van der Waals surface area contributed by atoms with Gasteiger partial charge < -0.3 is 0 Å². The number of benzene rings is 1. The van der Waals surface area contributed by atoms with Crippen LogP contribution in [0.25, 0.3) is 0 Å². The van der Waals surface area contributed by atoms with Crippen molar-refractivity contribution in [2.45, 2.75) is 19.0 Å². The predicted octanol–water partition coefficient (Wildman–Crippen LogP) is 2.80. The molecule has 0 spiro atoms. The molecule has 2 nitrogen and oxygen atoms in total. The van der Waals surface area contributed by atoms with Gasteiger partial charge in [0.1, 0.15) is 5.54 Å². The Balaban J connectivity index is 2.09. The van der Waals surface area contributed by atoms with Gasteiger partial charge in [0.05, 0.1) is 6.07 Å². The maximum Gasteiger partial charge on any atom is 0.131 e. The van der Waals surface area contributed by atoms with E-state index < -0.39 is 5.54 Å². The van der Waals surface area contributed by atoms with Crippen LogP contribution in [0.2, 0.25) is 0 Å². The van der Waals surface area contributed by atoms with Gasteiger partial charge in [-0.3, -0.25) is 5.32 Å². The molecule has 1 aromatic rings. The molecule has 2 rings (SSSR count). The molecule has 0 fully saturated rings. The van der Waals surface area contributed by atoms with Crippen LogP contribution in [0, 0.1) is 17.2 Å². The van der Waals surface area contributed by atoms with Crippen molar-refractivity contribution in [1.29, 1.82) is 5.26 Å². The van der Waals surface area contributed by atoms with Crippen LogP contribution in [0.1, 0.15) is 12.5 Å². The van der Waals surface area contributed by atoms with E-state index in [9.17, 15) is 5.26 Å². The van der Waals surface area contributed by atoms with E-state index in [0.29, 0.717) is 6.54 Å². The minimum atomic E-state index is -0.579. The fraction of sp³-hybridized carbons (Fsp3) is 0.267. The van der Waals surface area contributed by atoms with E-state index in [0.717, 1.165) is 0 Å². The van der Waals surface area contributed by atoms with Gasteiger partial charge in [0.15, 0.2) is 0 Å². The summed E-state index contributed by atoms with van der Waals surface area (Å²) in [7, 11) is 0. The van der Waals surface area contributed by atoms with E-state index >= 15 is 0 Å². The van der Waals surface area contributed by atoms with E-state index in [1.54, 1.807) is 0 Å². The van der Waals surface area contributed by atoms with Crippen molar-refractivity contribution in [3.05, 3.63) is 60.2 Å². The zero-order valence-electron chi connectivity index (χ0n) is 9.93. The lowest BCUT2D eigenvalue weighted by Gasteiger charge is -2.31. The summed E-state index contributed by atoms with van der Waals surface area (Å²) in [5, 5.41) is 12.7. The SMILES string of the molecule is CC1C=CC=CC1(C#N)NCc1ccccc1. The van der Waals surface area contributed by atoms with Gasteiger partial charge in [-0.25, -0.2) is 0 Å². The summed E-state index contributed by atoms with van der Waals surface area (Å²) < 4.78 is 0. The van der Waals surface area contributed by atoms with Gasteiger partial charge in [0.2, 0.25) is 0 Å². The highest BCUT2D eigenvalue weighted by Crippen LogP contribution is 2.24. The topological polar surface area (TPSA) is 35.8 Å². The van der Waals surface area contributed by atoms with Gasteiger partial charge in [-0.05, 0) is 11.6 Å². The molecular weight excluding hydrogens is 208 g/mol. The van der Waals surface area contributed by atoms with Crippen molar-refractivity contribution in [3.8, 4) is 6.07 Å². The molecular formula is C15H16N2. The van der Waals surface area contributed by atoms with E-state index in [1.165, 1.54) is 5.56 Å². The van der Waals surface area contributed by atoms with Crippen molar-refractivity contribution in [2.24, 2.45) is 5.92 Å². The highest BCUT2D eigenvalue weighted by atomic mass is 15.0. The van der Waals surface area contributed by atoms with E-state index in [1.807, 2.05) is 36.4 Å². The smallest absolute Gasteiger partial charge is 0.131 e. The summed E-state index contributed by atoms with van der Waals surface area (Å²) in [6.07, 6.45) is 7.92. The molecule has 2 heteroatoms. The van der Waals surface area contributed by atoms with Gasteiger partial charge >= 0.3 is 0 Å². The summed E-state index contributed by atoms with van der Waals surface area (Å²) >= 11 is 0. The lowest BCUT2D eigenvalue weighted by Crippen LogP contribution is -2.47. The number of nitrogens with one attached hydrogen (secondary N) is 1. The van der Waals surface area contributed by atoms with Gasteiger partial charge in [-0.1, -0.05) is 55.5 Å². The van der Waals surface area contributed by atoms with E-state index in [4.69, 9.17) is 0 Å². The van der Waals surface area contributed by atoms with Crippen molar-refractivity contribution < 1.29 is 0 Å². The molecule has 1 aromatic carbocycles. The largest absolute Gasteiger partial charge is 0.292 e. The first-order valence-corrected chi connectivity index (χ1v) is 5.83. The van der Waals surface area contributed by atoms with Crippen LogP contribution in [-0.2, 0) is 6.54 Å². The second-order valence-electron chi connectivity index (χ2n) is 4.35. The summed E-state index contributed by atoms with van der Waals surface area (Å²) in [5.41, 5.74) is 0.613. The molecule has 0 bridgehead atoms. The Hall–Kier alpha value is -1.85. The summed E-state index contributed by atoms with van der Waals surface area (Å²) in [6, 6.07) is 12.5. The van der Waals surface area contributed by atoms with Crippen molar-refractivity contribution in [2.75, 3.05) is 0 Å². The Labute approximate surface area is 102 Å². The number of hydrogen-bond donors (Lipinski definition) is 1. The monoisotopic (exact) mass is 224 g/mol. The standard InChI is InChI=1S/C15H16N2/c1-13-7-5-6-10-15(13,12-16)17-11-14-8-3-2-4-9-14/h2-10,13,17H,11H2,1H3. The third-order valence-corrected chi connectivity index (χ3v) is 3.20. The number of allylic oxidation sites excluding steroid dienone is 2. The molecule has 0 amide bonds. The summed E-state index contributed by atoms with van der Waals surface area (Å²) in [5.74, 6) is 0.182. The lowest BCUT2D eigenvalue weighted by atomic mass is 9.83. The second kappa shape index (κ2) is 4.99. The molecule has 1 aliphatic carbocycles. The van der Waals surface area contributed by atoms with E-state index in [2.05, 4.69) is 36.5 Å². The predicted molar refractivity (Wildman–Crippen MR) is 69.1 cm³/mol. The van der Waals surface area contributed by atoms with Crippen molar-refractivity contribution >= 4 is 0 Å².